The van der Waals surface area contributed by atoms with E-state index in [1.807, 2.05) is 36.4 Å². The Labute approximate surface area is 295 Å². The number of rotatable bonds is 19. The Hall–Kier alpha value is -5.93. The molecule has 0 saturated heterocycles. The van der Waals surface area contributed by atoms with Gasteiger partial charge in [0.25, 0.3) is 0 Å². The average Bonchev–Trinajstić information content (AvgIpc) is 3.56. The third-order valence-electron chi connectivity index (χ3n) is 7.80. The number of aliphatic carboxylic acids is 1. The van der Waals surface area contributed by atoms with Crippen LogP contribution in [-0.2, 0) is 56.2 Å². The first-order chi connectivity index (χ1) is 24.5. The molecule has 0 bridgehead atoms. The summed E-state index contributed by atoms with van der Waals surface area (Å²) in [6.07, 6.45) is 2.58. The van der Waals surface area contributed by atoms with Crippen LogP contribution in [0.3, 0.4) is 0 Å². The molecule has 0 saturated carbocycles. The molecule has 0 aliphatic carbocycles. The van der Waals surface area contributed by atoms with Gasteiger partial charge in [0, 0.05) is 31.5 Å². The van der Waals surface area contributed by atoms with Gasteiger partial charge in [-0.3, -0.25) is 28.7 Å². The molecule has 0 fully saturated rings. The van der Waals surface area contributed by atoms with E-state index in [2.05, 4.69) is 31.6 Å². The molecule has 15 nitrogen and oxygen atoms in total. The van der Waals surface area contributed by atoms with Crippen molar-refractivity contribution in [1.82, 2.24) is 36.3 Å². The van der Waals surface area contributed by atoms with Crippen LogP contribution >= 0.6 is 0 Å². The van der Waals surface area contributed by atoms with E-state index in [4.69, 9.17) is 16.6 Å². The van der Waals surface area contributed by atoms with Crippen LogP contribution in [0.5, 0.6) is 0 Å². The number of carboxylic acids is 1. The molecule has 15 heteroatoms. The molecule has 0 aliphatic heterocycles. The average molecular weight is 698 g/mol. The Kier molecular flexibility index (Phi) is 14.3. The summed E-state index contributed by atoms with van der Waals surface area (Å²) < 4.78 is 1.60. The number of carbonyl (C=O) groups excluding carboxylic acids is 4. The first kappa shape index (κ1) is 37.9. The van der Waals surface area contributed by atoms with E-state index < -0.39 is 60.8 Å². The second kappa shape index (κ2) is 19.3. The first-order valence-corrected chi connectivity index (χ1v) is 16.4. The van der Waals surface area contributed by atoms with Crippen LogP contribution in [0.1, 0.15) is 22.4 Å². The molecular weight excluding hydrogens is 654 g/mol. The smallest absolute Gasteiger partial charge is 0.322 e. The number of aromatic nitrogens is 3. The zero-order valence-corrected chi connectivity index (χ0v) is 28.0. The number of carboxylic acid groups (broad SMARTS) is 1. The third-order valence-corrected chi connectivity index (χ3v) is 7.80. The minimum absolute atomic E-state index is 0.0502. The third kappa shape index (κ3) is 13.1. The van der Waals surface area contributed by atoms with Crippen LogP contribution in [0.25, 0.3) is 0 Å². The fourth-order valence-electron chi connectivity index (χ4n) is 5.28. The highest BCUT2D eigenvalue weighted by molar-refractivity contribution is 5.94. The summed E-state index contributed by atoms with van der Waals surface area (Å²) >= 11 is 0. The van der Waals surface area contributed by atoms with Gasteiger partial charge in [0.05, 0.1) is 24.8 Å². The standard InChI is InChI=1S/C36H43N9O6/c37-27(16-24-10-4-1-5-11-24)22-45-23-28(43-44-45)19-29(38)34(49)42-31(18-26-14-8-3-9-15-26)36(51)39-20-32(46)41-30(35(50)40-21-33(47)48)17-25-12-6-2-7-13-25/h1-15,23,27,29-31H,16-22,37-38H2,(H,39,51)(H,40,50)(H,41,46)(H,42,49)(H,47,48)/t27-,29-,30-,31-/m0/s1. The Balaban J connectivity index is 1.34. The number of hydrogen-bond donors (Lipinski definition) is 7. The lowest BCUT2D eigenvalue weighted by atomic mass is 10.0. The van der Waals surface area contributed by atoms with Gasteiger partial charge in [0.1, 0.15) is 18.6 Å². The molecule has 4 atom stereocenters. The normalized spacial score (nSPS) is 13.2. The highest BCUT2D eigenvalue weighted by atomic mass is 16.4. The molecule has 3 aromatic carbocycles. The zero-order valence-electron chi connectivity index (χ0n) is 28.0. The molecule has 1 heterocycles. The molecule has 4 amide bonds. The maximum atomic E-state index is 13.4. The summed E-state index contributed by atoms with van der Waals surface area (Å²) in [5.41, 5.74) is 15.6. The van der Waals surface area contributed by atoms with Crippen molar-refractivity contribution in [3.63, 3.8) is 0 Å². The van der Waals surface area contributed by atoms with Gasteiger partial charge in [-0.15, -0.1) is 5.10 Å². The predicted octanol–water partition coefficient (Wildman–Crippen LogP) is -0.510. The van der Waals surface area contributed by atoms with Gasteiger partial charge in [0.2, 0.25) is 23.6 Å². The van der Waals surface area contributed by atoms with E-state index in [-0.39, 0.29) is 25.3 Å². The van der Waals surface area contributed by atoms with Crippen molar-refractivity contribution >= 4 is 29.6 Å². The summed E-state index contributed by atoms with van der Waals surface area (Å²) in [5, 5.41) is 27.2. The van der Waals surface area contributed by atoms with Gasteiger partial charge >= 0.3 is 5.97 Å². The maximum Gasteiger partial charge on any atom is 0.322 e. The van der Waals surface area contributed by atoms with E-state index >= 15 is 0 Å². The van der Waals surface area contributed by atoms with E-state index in [1.165, 1.54) is 0 Å². The van der Waals surface area contributed by atoms with E-state index in [0.29, 0.717) is 18.7 Å². The number of nitrogens with two attached hydrogens (primary N) is 2. The first-order valence-electron chi connectivity index (χ1n) is 16.4. The van der Waals surface area contributed by atoms with Crippen molar-refractivity contribution in [2.45, 2.75) is 56.4 Å². The van der Waals surface area contributed by atoms with Crippen molar-refractivity contribution in [2.75, 3.05) is 13.1 Å². The summed E-state index contributed by atoms with van der Waals surface area (Å²) in [4.78, 5) is 63.2. The molecule has 9 N–H and O–H groups in total. The monoisotopic (exact) mass is 697 g/mol. The molecule has 0 spiro atoms. The number of benzene rings is 3. The molecule has 268 valence electrons. The quantitative estimate of drug-likeness (QED) is 0.0663. The second-order valence-corrected chi connectivity index (χ2v) is 12.1. The van der Waals surface area contributed by atoms with E-state index in [1.54, 1.807) is 65.5 Å². The van der Waals surface area contributed by atoms with Crippen LogP contribution in [0, 0.1) is 0 Å². The summed E-state index contributed by atoms with van der Waals surface area (Å²) in [5.74, 6) is -3.88. The highest BCUT2D eigenvalue weighted by Crippen LogP contribution is 2.08. The largest absolute Gasteiger partial charge is 0.480 e. The lowest BCUT2D eigenvalue weighted by molar-refractivity contribution is -0.138. The molecule has 51 heavy (non-hydrogen) atoms. The van der Waals surface area contributed by atoms with E-state index in [0.717, 1.165) is 16.7 Å². The number of hydrogen-bond acceptors (Lipinski definition) is 9. The fourth-order valence-corrected chi connectivity index (χ4v) is 5.28. The topological polar surface area (TPSA) is 236 Å². The SMILES string of the molecule is N[C@@H](Cc1ccccc1)Cn1cc(C[C@H](N)C(=O)N[C@@H](Cc2ccccc2)C(=O)NCC(=O)N[C@@H](Cc2ccccc2)C(=O)NCC(=O)O)nn1. The number of amides is 4. The highest BCUT2D eigenvalue weighted by Gasteiger charge is 2.27. The molecule has 4 aromatic rings. The molecule has 0 unspecified atom stereocenters. The Bertz CT molecular complexity index is 1740. The predicted molar refractivity (Wildman–Crippen MR) is 188 cm³/mol. The summed E-state index contributed by atoms with van der Waals surface area (Å²) in [6.45, 7) is -0.726. The Morgan fingerprint density at radius 3 is 1.67 bits per heavy atom. The minimum Gasteiger partial charge on any atom is -0.480 e. The van der Waals surface area contributed by atoms with Crippen LogP contribution in [0.2, 0.25) is 0 Å². The van der Waals surface area contributed by atoms with Gasteiger partial charge in [-0.2, -0.15) is 0 Å². The van der Waals surface area contributed by atoms with Crippen molar-refractivity contribution in [3.8, 4) is 0 Å². The van der Waals surface area contributed by atoms with Crippen molar-refractivity contribution < 1.29 is 29.1 Å². The van der Waals surface area contributed by atoms with Gasteiger partial charge in [0.15, 0.2) is 0 Å². The van der Waals surface area contributed by atoms with Gasteiger partial charge < -0.3 is 37.8 Å². The lowest BCUT2D eigenvalue weighted by Gasteiger charge is -2.21. The lowest BCUT2D eigenvalue weighted by Crippen LogP contribution is -2.55. The second-order valence-electron chi connectivity index (χ2n) is 12.1. The van der Waals surface area contributed by atoms with Gasteiger partial charge in [-0.1, -0.05) is 96.2 Å². The Morgan fingerprint density at radius 2 is 1.14 bits per heavy atom. The van der Waals surface area contributed by atoms with E-state index in [9.17, 15) is 24.0 Å². The molecule has 1 aromatic heterocycles. The molecule has 4 rings (SSSR count). The Morgan fingerprint density at radius 1 is 0.647 bits per heavy atom. The molecule has 0 aliphatic rings. The minimum atomic E-state index is -1.24. The fraction of sp³-hybridized carbons (Fsp3) is 0.306. The summed E-state index contributed by atoms with van der Waals surface area (Å²) in [6, 6.07) is 24.2. The number of nitrogens with one attached hydrogen (secondary N) is 4. The maximum absolute atomic E-state index is 13.4. The number of nitrogens with zero attached hydrogens (tertiary/aromatic N) is 3. The van der Waals surface area contributed by atoms with Gasteiger partial charge in [-0.05, 0) is 23.1 Å². The van der Waals surface area contributed by atoms with Crippen molar-refractivity contribution in [2.24, 2.45) is 11.5 Å². The van der Waals surface area contributed by atoms with Crippen molar-refractivity contribution in [3.05, 3.63) is 120 Å². The number of carbonyl (C=O) groups is 5. The van der Waals surface area contributed by atoms with Crippen LogP contribution < -0.4 is 32.7 Å². The van der Waals surface area contributed by atoms with Crippen LogP contribution in [0.15, 0.2) is 97.2 Å². The molecule has 0 radical (unpaired) electrons. The van der Waals surface area contributed by atoms with Gasteiger partial charge in [-0.25, -0.2) is 0 Å². The summed E-state index contributed by atoms with van der Waals surface area (Å²) in [7, 11) is 0. The van der Waals surface area contributed by atoms with Crippen molar-refractivity contribution in [1.29, 1.82) is 0 Å². The van der Waals surface area contributed by atoms with Crippen LogP contribution in [0.4, 0.5) is 0 Å². The zero-order chi connectivity index (χ0) is 36.6. The molecular formula is C36H43N9O6. The van der Waals surface area contributed by atoms with Crippen LogP contribution in [-0.4, -0.2) is 87.0 Å².